The minimum Gasteiger partial charge on any atom is -0.255 e. The minimum absolute atomic E-state index is 0.817. The highest BCUT2D eigenvalue weighted by Gasteiger charge is 2.18. The summed E-state index contributed by atoms with van der Waals surface area (Å²) in [5.74, 6) is 0. The number of aromatic nitrogens is 12. The van der Waals surface area contributed by atoms with Gasteiger partial charge in [-0.2, -0.15) is 4.57 Å². The van der Waals surface area contributed by atoms with E-state index in [1.54, 1.807) is 0 Å². The van der Waals surface area contributed by atoms with E-state index in [1.165, 1.54) is 5.39 Å². The summed E-state index contributed by atoms with van der Waals surface area (Å²) in [6.45, 7) is 0. The van der Waals surface area contributed by atoms with Crippen LogP contribution < -0.4 is 4.57 Å². The Kier molecular flexibility index (Phi) is 15.6. The molecule has 0 fully saturated rings. The van der Waals surface area contributed by atoms with E-state index in [0.29, 0.717) is 0 Å². The second-order valence-corrected chi connectivity index (χ2v) is 28.8. The average molecular weight is 1450 g/mol. The van der Waals surface area contributed by atoms with Gasteiger partial charge in [0.2, 0.25) is 5.69 Å². The van der Waals surface area contributed by atoms with Crippen molar-refractivity contribution < 1.29 is 4.57 Å². The van der Waals surface area contributed by atoms with Gasteiger partial charge in [0.1, 0.15) is 0 Å². The molecule has 528 valence electrons. The van der Waals surface area contributed by atoms with E-state index >= 15 is 0 Å². The largest absolute Gasteiger partial charge is 0.255 e. The average Bonchev–Trinajstić information content (AvgIpc) is 0.853. The number of pyridine rings is 12. The molecule has 0 spiro atoms. The van der Waals surface area contributed by atoms with Crippen LogP contribution in [0.25, 0.3) is 226 Å². The molecule has 0 N–H and O–H groups in total. The van der Waals surface area contributed by atoms with Gasteiger partial charge in [0.15, 0.2) is 12.4 Å². The normalized spacial score (nSPS) is 11.7. The Morgan fingerprint density at radius 1 is 0.184 bits per heavy atom. The predicted octanol–water partition coefficient (Wildman–Crippen LogP) is 24.2. The fraction of sp³-hybridized carbons (Fsp3) is 0. The van der Waals surface area contributed by atoms with E-state index in [4.69, 9.17) is 34.9 Å². The Bertz CT molecular complexity index is 7890. The molecule has 0 saturated carbocycles. The van der Waals surface area contributed by atoms with Crippen molar-refractivity contribution in [2.75, 3.05) is 0 Å². The molecule has 0 saturated heterocycles. The molecule has 0 amide bonds. The lowest BCUT2D eigenvalue weighted by Crippen LogP contribution is -2.29. The molecule has 0 bridgehead atoms. The second kappa shape index (κ2) is 27.2. The van der Waals surface area contributed by atoms with Crippen LogP contribution in [0.4, 0.5) is 0 Å². The van der Waals surface area contributed by atoms with Crippen LogP contribution in [-0.2, 0) is 0 Å². The number of fused-ring (bicyclic) bond motifs is 16. The van der Waals surface area contributed by atoms with Gasteiger partial charge in [-0.15, -0.1) is 0 Å². The molecule has 0 aliphatic heterocycles. The summed E-state index contributed by atoms with van der Waals surface area (Å²) < 4.78 is 2.15. The third-order valence-corrected chi connectivity index (χ3v) is 21.9. The van der Waals surface area contributed by atoms with E-state index in [9.17, 15) is 0 Å². The molecule has 12 aromatic heterocycles. The van der Waals surface area contributed by atoms with Gasteiger partial charge >= 0.3 is 0 Å². The molecule has 114 heavy (non-hydrogen) atoms. The molecule has 0 radical (unpaired) electrons. The Morgan fingerprint density at radius 2 is 0.553 bits per heavy atom. The first kappa shape index (κ1) is 65.4. The lowest BCUT2D eigenvalue weighted by Gasteiger charge is -2.10. The van der Waals surface area contributed by atoms with E-state index in [1.807, 2.05) is 73.3 Å². The topological polar surface area (TPSA) is 146 Å². The molecule has 12 heterocycles. The van der Waals surface area contributed by atoms with E-state index in [0.717, 1.165) is 221 Å². The Hall–Kier alpha value is -15.7. The van der Waals surface area contributed by atoms with Crippen LogP contribution in [0.3, 0.4) is 0 Å². The lowest BCUT2D eigenvalue weighted by atomic mass is 9.99. The van der Waals surface area contributed by atoms with E-state index in [2.05, 4.69) is 322 Å². The monoisotopic (exact) mass is 1450 g/mol. The molecule has 0 unspecified atom stereocenters. The standard InChI is InChI=1S/C54H32N6.C48H29N6/c1-2-6-33(7-3-1)44-22-15-36-13-14-37-17-27-50(60-54(37)53(36)58-44)49-28-21-43-31-39(19-25-47(43)57-49)38-18-24-46-42(30-38)20-26-45(56-46)40-8-4-9-41(32-40)48-23-16-35-12-11-34-10-5-29-55-51(34)52(35)59-48;1-3-32-6-5-30-22-26-54(29-41(30)46(32)49-23-1)38-14-7-31(8-15-38)42-19-12-36-27-34(10-17-43(36)52-42)35-11-18-44-37(28-35)13-20-45(53-44)39-21-25-51-48-40(39)16-9-33-4-2-24-50-47(33)48/h1-32H;1-29H/q;+1. The quantitative estimate of drug-likeness (QED) is 0.101. The summed E-state index contributed by atoms with van der Waals surface area (Å²) in [6.07, 6.45) is 11.6. The van der Waals surface area contributed by atoms with Crippen LogP contribution in [0.1, 0.15) is 0 Å². The fourth-order valence-electron chi connectivity index (χ4n) is 16.0. The van der Waals surface area contributed by atoms with Crippen molar-refractivity contribution in [1.82, 2.24) is 54.8 Å². The van der Waals surface area contributed by atoms with Crippen molar-refractivity contribution in [3.63, 3.8) is 0 Å². The summed E-state index contributed by atoms with van der Waals surface area (Å²) in [6, 6.07) is 116. The van der Waals surface area contributed by atoms with Gasteiger partial charge in [-0.1, -0.05) is 182 Å². The number of benzene rings is 11. The van der Waals surface area contributed by atoms with Crippen molar-refractivity contribution in [3.05, 3.63) is 371 Å². The maximum atomic E-state index is 5.14. The van der Waals surface area contributed by atoms with Crippen LogP contribution in [0, 0.1) is 0 Å². The van der Waals surface area contributed by atoms with Crippen molar-refractivity contribution in [2.45, 2.75) is 0 Å². The molecule has 0 aliphatic rings. The number of hydrogen-bond donors (Lipinski definition) is 0. The Balaban J connectivity index is 0.000000140. The van der Waals surface area contributed by atoms with E-state index in [-0.39, 0.29) is 0 Å². The highest BCUT2D eigenvalue weighted by atomic mass is 14.9. The van der Waals surface area contributed by atoms with Crippen molar-refractivity contribution in [2.24, 2.45) is 0 Å². The maximum absolute atomic E-state index is 5.14. The van der Waals surface area contributed by atoms with Crippen molar-refractivity contribution in [3.8, 4) is 95.6 Å². The first-order valence-corrected chi connectivity index (χ1v) is 38.0. The van der Waals surface area contributed by atoms with Crippen molar-refractivity contribution >= 4 is 131 Å². The maximum Gasteiger partial charge on any atom is 0.210 e. The molecule has 0 aliphatic carbocycles. The SMILES string of the molecule is c1ccc(-c2ccc3ccc4ccc(-c5ccc6cc(-c7ccc8nc(-c9cccc(-c%10ccc%11ccc%12cccnc%12c%11n%10)c9)ccc8c7)ccc6n5)nc4c3n2)cc1.c1cnc2c(c1)ccc1cc[n+](-c3ccc(-c4ccc5cc(-c6ccc7nc(-c8ccnc9c8ccc8cccnc89)ccc7c6)ccc5n4)cc3)cc12. The molecule has 23 rings (SSSR count). The number of rotatable bonds is 9. The third kappa shape index (κ3) is 11.9. The summed E-state index contributed by atoms with van der Waals surface area (Å²) in [5.41, 5.74) is 27.3. The zero-order valence-electron chi connectivity index (χ0n) is 61.1. The van der Waals surface area contributed by atoms with Gasteiger partial charge < -0.3 is 0 Å². The van der Waals surface area contributed by atoms with Crippen LogP contribution in [0.5, 0.6) is 0 Å². The number of hydrogen-bond acceptors (Lipinski definition) is 11. The molecule has 12 heteroatoms. The molecular weight excluding hydrogens is 1390 g/mol. The van der Waals surface area contributed by atoms with Gasteiger partial charge in [0.05, 0.1) is 106 Å². The fourth-order valence-corrected chi connectivity index (χ4v) is 16.0. The summed E-state index contributed by atoms with van der Waals surface area (Å²) in [4.78, 5) is 54.2. The first-order valence-electron chi connectivity index (χ1n) is 38.0. The van der Waals surface area contributed by atoms with Gasteiger partial charge in [0, 0.05) is 130 Å². The minimum atomic E-state index is 0.817. The zero-order chi connectivity index (χ0) is 75.2. The molecule has 12 nitrogen and oxygen atoms in total. The van der Waals surface area contributed by atoms with Gasteiger partial charge in [0.25, 0.3) is 0 Å². The molecule has 0 atom stereocenters. The lowest BCUT2D eigenvalue weighted by molar-refractivity contribution is -0.594. The molecular formula is C102H61N12+. The Morgan fingerprint density at radius 3 is 1.11 bits per heavy atom. The van der Waals surface area contributed by atoms with Gasteiger partial charge in [-0.3, -0.25) is 19.9 Å². The number of nitrogens with zero attached hydrogens (tertiary/aromatic N) is 12. The zero-order valence-corrected chi connectivity index (χ0v) is 61.1. The van der Waals surface area contributed by atoms with E-state index < -0.39 is 0 Å². The predicted molar refractivity (Wildman–Crippen MR) is 464 cm³/mol. The molecule has 23 aromatic rings. The van der Waals surface area contributed by atoms with Crippen molar-refractivity contribution in [1.29, 1.82) is 0 Å². The van der Waals surface area contributed by atoms with Gasteiger partial charge in [-0.05, 0) is 161 Å². The summed E-state index contributed by atoms with van der Waals surface area (Å²) in [5, 5.41) is 14.2. The highest BCUT2D eigenvalue weighted by molar-refractivity contribution is 6.10. The van der Waals surface area contributed by atoms with Crippen LogP contribution in [0.15, 0.2) is 371 Å². The van der Waals surface area contributed by atoms with Crippen LogP contribution in [-0.4, -0.2) is 54.8 Å². The van der Waals surface area contributed by atoms with Crippen LogP contribution in [0.2, 0.25) is 0 Å². The smallest absolute Gasteiger partial charge is 0.210 e. The molecule has 11 aromatic carbocycles. The first-order chi connectivity index (χ1) is 56.4. The second-order valence-electron chi connectivity index (χ2n) is 28.8. The Labute approximate surface area is 652 Å². The third-order valence-electron chi connectivity index (χ3n) is 21.9. The highest BCUT2D eigenvalue weighted by Crippen LogP contribution is 2.38. The van der Waals surface area contributed by atoms with Crippen LogP contribution >= 0.6 is 0 Å². The summed E-state index contributed by atoms with van der Waals surface area (Å²) >= 11 is 0. The van der Waals surface area contributed by atoms with Gasteiger partial charge in [-0.25, -0.2) is 34.9 Å². The summed E-state index contributed by atoms with van der Waals surface area (Å²) in [7, 11) is 0.